The van der Waals surface area contributed by atoms with Gasteiger partial charge in [-0.1, -0.05) is 42.1 Å². The molecule has 0 aliphatic rings. The number of fused-ring (bicyclic) bond motifs is 1. The highest BCUT2D eigenvalue weighted by atomic mass is 32.2. The van der Waals surface area contributed by atoms with E-state index in [0.717, 1.165) is 11.1 Å². The number of aromatic nitrogens is 2. The number of hydrogen-bond donors (Lipinski definition) is 0. The van der Waals surface area contributed by atoms with E-state index in [0.29, 0.717) is 38.8 Å². The number of rotatable bonds is 5. The van der Waals surface area contributed by atoms with E-state index < -0.39 is 0 Å². The summed E-state index contributed by atoms with van der Waals surface area (Å²) in [4.78, 5) is 18.2. The van der Waals surface area contributed by atoms with Crippen molar-refractivity contribution >= 4 is 22.7 Å². The smallest absolute Gasteiger partial charge is 0.266 e. The Bertz CT molecular complexity index is 1340. The number of nitrogens with zero attached hydrogens (tertiary/aromatic N) is 3. The van der Waals surface area contributed by atoms with E-state index in [9.17, 15) is 4.79 Å². The van der Waals surface area contributed by atoms with Gasteiger partial charge in [-0.2, -0.15) is 5.26 Å². The van der Waals surface area contributed by atoms with E-state index >= 15 is 0 Å². The lowest BCUT2D eigenvalue weighted by atomic mass is 10.2. The lowest BCUT2D eigenvalue weighted by Crippen LogP contribution is -2.22. The van der Waals surface area contributed by atoms with Crippen LogP contribution in [0.25, 0.3) is 16.6 Å². The van der Waals surface area contributed by atoms with E-state index in [4.69, 9.17) is 15.0 Å². The fourth-order valence-electron chi connectivity index (χ4n) is 3.27. The zero-order chi connectivity index (χ0) is 21.1. The first-order chi connectivity index (χ1) is 14.6. The number of hydrogen-bond acceptors (Lipinski definition) is 5. The molecule has 0 N–H and O–H groups in total. The summed E-state index contributed by atoms with van der Waals surface area (Å²) in [6.45, 7) is 1.97. The van der Waals surface area contributed by atoms with Gasteiger partial charge in [-0.15, -0.1) is 0 Å². The Labute approximate surface area is 178 Å². The molecule has 30 heavy (non-hydrogen) atoms. The maximum absolute atomic E-state index is 13.5. The van der Waals surface area contributed by atoms with Crippen LogP contribution in [-0.4, -0.2) is 16.7 Å². The Kier molecular flexibility index (Phi) is 5.55. The van der Waals surface area contributed by atoms with Crippen LogP contribution in [0.1, 0.15) is 16.7 Å². The molecule has 3 aromatic carbocycles. The minimum atomic E-state index is -0.141. The van der Waals surface area contributed by atoms with Gasteiger partial charge in [0.2, 0.25) is 0 Å². The SMILES string of the molecule is COc1ccc(C)cc1-n1c(SCc2cccc(C#N)c2)nc2ccccc2c1=O. The highest BCUT2D eigenvalue weighted by molar-refractivity contribution is 7.98. The molecule has 0 amide bonds. The molecule has 0 unspecified atom stereocenters. The van der Waals surface area contributed by atoms with Crippen molar-refractivity contribution in [2.24, 2.45) is 0 Å². The van der Waals surface area contributed by atoms with Crippen LogP contribution in [0.4, 0.5) is 0 Å². The maximum Gasteiger partial charge on any atom is 0.266 e. The van der Waals surface area contributed by atoms with Crippen LogP contribution in [0, 0.1) is 18.3 Å². The summed E-state index contributed by atoms with van der Waals surface area (Å²) in [7, 11) is 1.59. The number of para-hydroxylation sites is 1. The predicted molar refractivity (Wildman–Crippen MR) is 119 cm³/mol. The van der Waals surface area contributed by atoms with Gasteiger partial charge >= 0.3 is 0 Å². The molecule has 0 saturated carbocycles. The van der Waals surface area contributed by atoms with Crippen molar-refractivity contribution in [1.82, 2.24) is 9.55 Å². The number of ether oxygens (including phenoxy) is 1. The molecular weight excluding hydrogens is 394 g/mol. The first-order valence-corrected chi connectivity index (χ1v) is 10.4. The summed E-state index contributed by atoms with van der Waals surface area (Å²) in [6.07, 6.45) is 0. The van der Waals surface area contributed by atoms with Gasteiger partial charge in [0.15, 0.2) is 5.16 Å². The van der Waals surface area contributed by atoms with Crippen LogP contribution < -0.4 is 10.3 Å². The molecule has 1 aromatic heterocycles. The highest BCUT2D eigenvalue weighted by Crippen LogP contribution is 2.29. The maximum atomic E-state index is 13.5. The van der Waals surface area contributed by atoms with Crippen molar-refractivity contribution in [3.8, 4) is 17.5 Å². The molecule has 0 saturated heterocycles. The zero-order valence-electron chi connectivity index (χ0n) is 16.6. The van der Waals surface area contributed by atoms with Gasteiger partial charge in [-0.25, -0.2) is 4.98 Å². The predicted octanol–water partition coefficient (Wildman–Crippen LogP) is 4.87. The number of methoxy groups -OCH3 is 1. The molecule has 0 radical (unpaired) electrons. The Balaban J connectivity index is 1.88. The zero-order valence-corrected chi connectivity index (χ0v) is 17.4. The van der Waals surface area contributed by atoms with Gasteiger partial charge in [-0.3, -0.25) is 9.36 Å². The standard InChI is InChI=1S/C24H19N3O2S/c1-16-10-11-22(29-2)21(12-16)27-23(28)19-8-3-4-9-20(19)26-24(27)30-15-18-7-5-6-17(13-18)14-25/h3-13H,15H2,1-2H3. The molecule has 0 aliphatic carbocycles. The van der Waals surface area contributed by atoms with E-state index in [1.807, 2.05) is 61.5 Å². The molecule has 0 aliphatic heterocycles. The number of thioether (sulfide) groups is 1. The number of nitriles is 1. The van der Waals surface area contributed by atoms with Crippen molar-refractivity contribution in [2.45, 2.75) is 17.8 Å². The average Bonchev–Trinajstić information content (AvgIpc) is 2.78. The lowest BCUT2D eigenvalue weighted by molar-refractivity contribution is 0.411. The number of aryl methyl sites for hydroxylation is 1. The van der Waals surface area contributed by atoms with E-state index in [1.165, 1.54) is 11.8 Å². The minimum absolute atomic E-state index is 0.141. The molecule has 5 nitrogen and oxygen atoms in total. The van der Waals surface area contributed by atoms with Crippen LogP contribution in [-0.2, 0) is 5.75 Å². The summed E-state index contributed by atoms with van der Waals surface area (Å²) in [6, 6.07) is 22.7. The Morgan fingerprint density at radius 2 is 1.93 bits per heavy atom. The second kappa shape index (κ2) is 8.44. The minimum Gasteiger partial charge on any atom is -0.495 e. The van der Waals surface area contributed by atoms with Crippen LogP contribution in [0.2, 0.25) is 0 Å². The molecule has 0 fully saturated rings. The highest BCUT2D eigenvalue weighted by Gasteiger charge is 2.17. The van der Waals surface area contributed by atoms with E-state index in [-0.39, 0.29) is 5.56 Å². The van der Waals surface area contributed by atoms with Crippen LogP contribution >= 0.6 is 11.8 Å². The Morgan fingerprint density at radius 1 is 1.10 bits per heavy atom. The average molecular weight is 414 g/mol. The third-order valence-electron chi connectivity index (χ3n) is 4.74. The third kappa shape index (κ3) is 3.80. The Hall–Kier alpha value is -3.56. The van der Waals surface area contributed by atoms with Crippen LogP contribution in [0.5, 0.6) is 5.75 Å². The molecule has 0 bridgehead atoms. The Morgan fingerprint density at radius 3 is 2.73 bits per heavy atom. The van der Waals surface area contributed by atoms with Crippen molar-refractivity contribution in [2.75, 3.05) is 7.11 Å². The monoisotopic (exact) mass is 413 g/mol. The van der Waals surface area contributed by atoms with Crippen molar-refractivity contribution in [3.05, 3.63) is 93.8 Å². The summed E-state index contributed by atoms with van der Waals surface area (Å²) >= 11 is 1.46. The quantitative estimate of drug-likeness (QED) is 0.345. The molecule has 6 heteroatoms. The second-order valence-corrected chi connectivity index (χ2v) is 7.77. The lowest BCUT2D eigenvalue weighted by Gasteiger charge is -2.16. The molecule has 1 heterocycles. The number of benzene rings is 3. The first-order valence-electron chi connectivity index (χ1n) is 9.39. The third-order valence-corrected chi connectivity index (χ3v) is 5.75. The van der Waals surface area contributed by atoms with Gasteiger partial charge in [-0.05, 0) is 54.4 Å². The summed E-state index contributed by atoms with van der Waals surface area (Å²) in [5, 5.41) is 10.3. The van der Waals surface area contributed by atoms with Crippen LogP contribution in [0.3, 0.4) is 0 Å². The second-order valence-electron chi connectivity index (χ2n) is 6.83. The summed E-state index contributed by atoms with van der Waals surface area (Å²) in [5.74, 6) is 1.18. The topological polar surface area (TPSA) is 67.9 Å². The fourth-order valence-corrected chi connectivity index (χ4v) is 4.22. The molecular formula is C24H19N3O2S. The van der Waals surface area contributed by atoms with E-state index in [1.54, 1.807) is 23.8 Å². The van der Waals surface area contributed by atoms with Crippen molar-refractivity contribution in [3.63, 3.8) is 0 Å². The molecule has 0 spiro atoms. The molecule has 148 valence electrons. The van der Waals surface area contributed by atoms with E-state index in [2.05, 4.69) is 6.07 Å². The van der Waals surface area contributed by atoms with Gasteiger partial charge in [0.1, 0.15) is 5.75 Å². The molecule has 4 aromatic rings. The van der Waals surface area contributed by atoms with Gasteiger partial charge in [0.05, 0.1) is 35.3 Å². The van der Waals surface area contributed by atoms with Gasteiger partial charge < -0.3 is 4.74 Å². The molecule has 4 rings (SSSR count). The largest absolute Gasteiger partial charge is 0.495 e. The van der Waals surface area contributed by atoms with Crippen molar-refractivity contribution < 1.29 is 4.74 Å². The fraction of sp³-hybridized carbons (Fsp3) is 0.125. The normalized spacial score (nSPS) is 10.7. The summed E-state index contributed by atoms with van der Waals surface area (Å²) in [5.41, 5.74) is 3.79. The molecule has 0 atom stereocenters. The van der Waals surface area contributed by atoms with Gasteiger partial charge in [0, 0.05) is 5.75 Å². The summed E-state index contributed by atoms with van der Waals surface area (Å²) < 4.78 is 7.16. The van der Waals surface area contributed by atoms with Gasteiger partial charge in [0.25, 0.3) is 5.56 Å². The van der Waals surface area contributed by atoms with Crippen LogP contribution in [0.15, 0.2) is 76.7 Å². The van der Waals surface area contributed by atoms with Crippen molar-refractivity contribution in [1.29, 1.82) is 5.26 Å². The first kappa shape index (κ1) is 19.7.